The van der Waals surface area contributed by atoms with Crippen LogP contribution in [0.3, 0.4) is 0 Å². The largest absolute Gasteiger partial charge is 0.364 e. The predicted molar refractivity (Wildman–Crippen MR) is 63.6 cm³/mol. The minimum absolute atomic E-state index is 0.0230. The molecule has 1 aromatic rings. The van der Waals surface area contributed by atoms with E-state index < -0.39 is 4.92 Å². The molecule has 0 saturated carbocycles. The molecular weight excluding hydrogens is 206 g/mol. The number of aryl methyl sites for hydroxylation is 1. The van der Waals surface area contributed by atoms with Crippen LogP contribution in [-0.4, -0.2) is 16.5 Å². The van der Waals surface area contributed by atoms with Crippen LogP contribution in [0.4, 0.5) is 11.5 Å². The Labute approximate surface area is 95.0 Å². The van der Waals surface area contributed by atoms with E-state index in [9.17, 15) is 10.1 Å². The summed E-state index contributed by atoms with van der Waals surface area (Å²) in [6.07, 6.45) is 0. The van der Waals surface area contributed by atoms with Gasteiger partial charge in [-0.15, -0.1) is 0 Å². The Balaban J connectivity index is 2.93. The molecule has 0 bridgehead atoms. The van der Waals surface area contributed by atoms with Gasteiger partial charge in [0.1, 0.15) is 0 Å². The standard InChI is InChI=1S/C11H17N3O2/c1-8-5-6-9(14(15)16)10(13-8)12-7-11(2,3)4/h5-6H,7H2,1-4H3,(H,12,13). The van der Waals surface area contributed by atoms with Crippen molar-refractivity contribution in [1.29, 1.82) is 0 Å². The first-order valence-electron chi connectivity index (χ1n) is 5.15. The molecule has 0 atom stereocenters. The van der Waals surface area contributed by atoms with E-state index in [2.05, 4.69) is 31.1 Å². The molecule has 0 aromatic carbocycles. The summed E-state index contributed by atoms with van der Waals surface area (Å²) in [5, 5.41) is 13.8. The minimum Gasteiger partial charge on any atom is -0.364 e. The molecule has 0 amide bonds. The van der Waals surface area contributed by atoms with Crippen molar-refractivity contribution in [2.75, 3.05) is 11.9 Å². The summed E-state index contributed by atoms with van der Waals surface area (Å²) in [6.45, 7) is 8.63. The zero-order valence-electron chi connectivity index (χ0n) is 10.1. The minimum atomic E-state index is -0.419. The van der Waals surface area contributed by atoms with Gasteiger partial charge in [0.15, 0.2) is 0 Å². The summed E-state index contributed by atoms with van der Waals surface area (Å²) < 4.78 is 0. The summed E-state index contributed by atoms with van der Waals surface area (Å²) in [7, 11) is 0. The molecule has 1 heterocycles. The second-order valence-electron chi connectivity index (χ2n) is 4.99. The summed E-state index contributed by atoms with van der Waals surface area (Å²) in [6, 6.07) is 3.12. The fourth-order valence-corrected chi connectivity index (χ4v) is 1.18. The first-order valence-corrected chi connectivity index (χ1v) is 5.15. The number of nitrogens with zero attached hydrogens (tertiary/aromatic N) is 2. The van der Waals surface area contributed by atoms with E-state index in [1.54, 1.807) is 6.07 Å². The SMILES string of the molecule is Cc1ccc([N+](=O)[O-])c(NCC(C)(C)C)n1. The molecule has 1 aromatic heterocycles. The molecule has 88 valence electrons. The maximum absolute atomic E-state index is 10.8. The maximum atomic E-state index is 10.8. The van der Waals surface area contributed by atoms with Gasteiger partial charge in [-0.3, -0.25) is 10.1 Å². The van der Waals surface area contributed by atoms with Gasteiger partial charge in [-0.2, -0.15) is 0 Å². The zero-order valence-corrected chi connectivity index (χ0v) is 10.1. The summed E-state index contributed by atoms with van der Waals surface area (Å²) in [5.74, 6) is 0.347. The van der Waals surface area contributed by atoms with E-state index in [-0.39, 0.29) is 11.1 Å². The lowest BCUT2D eigenvalue weighted by Gasteiger charge is -2.19. The van der Waals surface area contributed by atoms with E-state index in [4.69, 9.17) is 0 Å². The summed E-state index contributed by atoms with van der Waals surface area (Å²) >= 11 is 0. The Hall–Kier alpha value is -1.65. The molecule has 1 rings (SSSR count). The van der Waals surface area contributed by atoms with Gasteiger partial charge >= 0.3 is 5.69 Å². The maximum Gasteiger partial charge on any atom is 0.311 e. The van der Waals surface area contributed by atoms with Crippen LogP contribution >= 0.6 is 0 Å². The number of pyridine rings is 1. The number of hydrogen-bond donors (Lipinski definition) is 1. The topological polar surface area (TPSA) is 68.1 Å². The van der Waals surface area contributed by atoms with Crippen molar-refractivity contribution in [2.24, 2.45) is 5.41 Å². The molecular formula is C11H17N3O2. The molecule has 16 heavy (non-hydrogen) atoms. The molecule has 0 aliphatic carbocycles. The number of aromatic nitrogens is 1. The van der Waals surface area contributed by atoms with Gasteiger partial charge < -0.3 is 5.32 Å². The van der Waals surface area contributed by atoms with Gasteiger partial charge in [-0.1, -0.05) is 20.8 Å². The highest BCUT2D eigenvalue weighted by molar-refractivity contribution is 5.56. The van der Waals surface area contributed by atoms with Crippen molar-refractivity contribution >= 4 is 11.5 Å². The van der Waals surface area contributed by atoms with Gasteiger partial charge in [0.05, 0.1) is 4.92 Å². The molecule has 0 aliphatic rings. The van der Waals surface area contributed by atoms with Crippen molar-refractivity contribution in [3.05, 3.63) is 27.9 Å². The fourth-order valence-electron chi connectivity index (χ4n) is 1.18. The van der Waals surface area contributed by atoms with Crippen molar-refractivity contribution in [3.8, 4) is 0 Å². The van der Waals surface area contributed by atoms with Crippen molar-refractivity contribution in [3.63, 3.8) is 0 Å². The van der Waals surface area contributed by atoms with E-state index in [1.165, 1.54) is 6.07 Å². The normalized spacial score (nSPS) is 11.2. The number of anilines is 1. The van der Waals surface area contributed by atoms with Crippen LogP contribution in [0.25, 0.3) is 0 Å². The van der Waals surface area contributed by atoms with E-state index in [1.807, 2.05) is 6.92 Å². The lowest BCUT2D eigenvalue weighted by atomic mass is 9.97. The molecule has 0 radical (unpaired) electrons. The number of rotatable bonds is 3. The molecule has 0 spiro atoms. The highest BCUT2D eigenvalue weighted by atomic mass is 16.6. The fraction of sp³-hybridized carbons (Fsp3) is 0.545. The Bertz CT molecular complexity index is 397. The van der Waals surface area contributed by atoms with Gasteiger partial charge in [0, 0.05) is 18.3 Å². The smallest absolute Gasteiger partial charge is 0.311 e. The summed E-state index contributed by atoms with van der Waals surface area (Å²) in [4.78, 5) is 14.5. The molecule has 5 nitrogen and oxygen atoms in total. The number of nitro groups is 1. The van der Waals surface area contributed by atoms with Crippen LogP contribution in [0.15, 0.2) is 12.1 Å². The number of hydrogen-bond acceptors (Lipinski definition) is 4. The molecule has 5 heteroatoms. The van der Waals surface area contributed by atoms with E-state index >= 15 is 0 Å². The number of nitrogens with one attached hydrogen (secondary N) is 1. The third kappa shape index (κ3) is 3.49. The average Bonchev–Trinajstić information content (AvgIpc) is 2.13. The lowest BCUT2D eigenvalue weighted by Crippen LogP contribution is -2.20. The lowest BCUT2D eigenvalue weighted by molar-refractivity contribution is -0.384. The second-order valence-corrected chi connectivity index (χ2v) is 4.99. The van der Waals surface area contributed by atoms with Crippen LogP contribution in [-0.2, 0) is 0 Å². The monoisotopic (exact) mass is 223 g/mol. The predicted octanol–water partition coefficient (Wildman–Crippen LogP) is 2.76. The Morgan fingerprint density at radius 2 is 2.06 bits per heavy atom. The van der Waals surface area contributed by atoms with Crippen LogP contribution in [0.5, 0.6) is 0 Å². The van der Waals surface area contributed by atoms with Crippen molar-refractivity contribution in [1.82, 2.24) is 4.98 Å². The molecule has 0 fully saturated rings. The summed E-state index contributed by atoms with van der Waals surface area (Å²) in [5.41, 5.74) is 0.844. The third-order valence-electron chi connectivity index (χ3n) is 2.00. The van der Waals surface area contributed by atoms with Gasteiger partial charge in [-0.25, -0.2) is 4.98 Å². The quantitative estimate of drug-likeness (QED) is 0.632. The van der Waals surface area contributed by atoms with Crippen LogP contribution in [0, 0.1) is 22.5 Å². The van der Waals surface area contributed by atoms with Crippen LogP contribution in [0.2, 0.25) is 0 Å². The van der Waals surface area contributed by atoms with Crippen molar-refractivity contribution < 1.29 is 4.92 Å². The Morgan fingerprint density at radius 1 is 1.44 bits per heavy atom. The van der Waals surface area contributed by atoms with Gasteiger partial charge in [-0.05, 0) is 18.4 Å². The Kier molecular flexibility index (Phi) is 3.47. The van der Waals surface area contributed by atoms with Crippen LogP contribution in [0.1, 0.15) is 26.5 Å². The first-order chi connectivity index (χ1) is 7.29. The molecule has 0 aliphatic heterocycles. The van der Waals surface area contributed by atoms with Gasteiger partial charge in [0.2, 0.25) is 5.82 Å². The van der Waals surface area contributed by atoms with Crippen molar-refractivity contribution in [2.45, 2.75) is 27.7 Å². The third-order valence-corrected chi connectivity index (χ3v) is 2.00. The van der Waals surface area contributed by atoms with E-state index in [0.717, 1.165) is 5.69 Å². The highest BCUT2D eigenvalue weighted by Crippen LogP contribution is 2.23. The molecule has 1 N–H and O–H groups in total. The Morgan fingerprint density at radius 3 is 2.56 bits per heavy atom. The zero-order chi connectivity index (χ0) is 12.3. The molecule has 0 unspecified atom stereocenters. The average molecular weight is 223 g/mol. The molecule has 0 saturated heterocycles. The highest BCUT2D eigenvalue weighted by Gasteiger charge is 2.17. The second kappa shape index (κ2) is 4.47. The van der Waals surface area contributed by atoms with Crippen LogP contribution < -0.4 is 5.32 Å². The van der Waals surface area contributed by atoms with Gasteiger partial charge in [0.25, 0.3) is 0 Å². The first kappa shape index (κ1) is 12.4. The van der Waals surface area contributed by atoms with E-state index in [0.29, 0.717) is 12.4 Å².